The highest BCUT2D eigenvalue weighted by Gasteiger charge is 2.53. The Bertz CT molecular complexity index is 2510. The van der Waals surface area contributed by atoms with E-state index in [1.807, 2.05) is 44.2 Å². The maximum absolute atomic E-state index is 14.2. The monoisotopic (exact) mass is 1060 g/mol. The summed E-state index contributed by atoms with van der Waals surface area (Å²) in [4.78, 5) is 110. The van der Waals surface area contributed by atoms with E-state index in [0.717, 1.165) is 41.0 Å². The lowest BCUT2D eigenvalue weighted by molar-refractivity contribution is -0.154. The molecular weight excluding hydrogens is 983 g/mol. The lowest BCUT2D eigenvalue weighted by Crippen LogP contribution is -2.71. The molecule has 408 valence electrons. The van der Waals surface area contributed by atoms with E-state index in [1.54, 1.807) is 86.5 Å². The quantitative estimate of drug-likeness (QED) is 0.112. The lowest BCUT2D eigenvalue weighted by Gasteiger charge is -2.51. The highest BCUT2D eigenvalue weighted by Crippen LogP contribution is 2.37. The number of hydrogen-bond donors (Lipinski definition) is 5. The highest BCUT2D eigenvalue weighted by molar-refractivity contribution is 7.13. The van der Waals surface area contributed by atoms with Gasteiger partial charge in [-0.15, -0.1) is 11.3 Å². The summed E-state index contributed by atoms with van der Waals surface area (Å²) in [6, 6.07) is 9.24. The van der Waals surface area contributed by atoms with Crippen LogP contribution in [0.1, 0.15) is 123 Å². The van der Waals surface area contributed by atoms with E-state index in [4.69, 9.17) is 14.2 Å². The van der Waals surface area contributed by atoms with Crippen molar-refractivity contribution in [2.75, 3.05) is 46.1 Å². The van der Waals surface area contributed by atoms with Gasteiger partial charge in [-0.05, 0) is 89.0 Å². The molecule has 4 aliphatic heterocycles. The number of alkyl carbamates (subject to hydrolysis) is 1. The number of aliphatic hydroxyl groups excluding tert-OH is 1. The number of thiazole rings is 1. The van der Waals surface area contributed by atoms with Crippen molar-refractivity contribution in [1.82, 2.24) is 45.9 Å². The molecule has 7 atom stereocenters. The van der Waals surface area contributed by atoms with Crippen LogP contribution in [-0.4, -0.2) is 159 Å². The lowest BCUT2D eigenvalue weighted by atomic mass is 9.84. The second kappa shape index (κ2) is 24.3. The van der Waals surface area contributed by atoms with Crippen LogP contribution in [0.15, 0.2) is 54.2 Å². The average molecular weight is 1060 g/mol. The molecule has 0 unspecified atom stereocenters. The Labute approximate surface area is 443 Å². The molecule has 21 heteroatoms. The zero-order chi connectivity index (χ0) is 54.2. The topological polar surface area (TPSA) is 251 Å². The number of amides is 7. The number of aliphatic hydroxyl groups is 1. The first-order valence-electron chi connectivity index (χ1n) is 26.1. The number of likely N-dealkylation sites (tertiary alicyclic amines) is 2. The van der Waals surface area contributed by atoms with E-state index in [9.17, 15) is 38.7 Å². The Balaban J connectivity index is 0.849. The number of nitrogens with one attached hydrogen (secondary N) is 4. The number of nitrogens with zero attached hydrogens (tertiary/aromatic N) is 5. The maximum atomic E-state index is 14.2. The van der Waals surface area contributed by atoms with Crippen molar-refractivity contribution in [2.24, 2.45) is 5.41 Å². The first-order chi connectivity index (χ1) is 35.5. The Kier molecular flexibility index (Phi) is 18.4. The normalized spacial score (nSPS) is 22.4. The molecule has 4 saturated heterocycles. The Hall–Kier alpha value is -6.03. The molecule has 0 bridgehead atoms. The number of hydrogen-bond acceptors (Lipinski definition) is 14. The fraction of sp³-hybridized carbons (Fsp3) is 0.611. The van der Waals surface area contributed by atoms with Crippen LogP contribution in [0.25, 0.3) is 10.4 Å². The highest BCUT2D eigenvalue weighted by atomic mass is 32.1. The predicted molar refractivity (Wildman–Crippen MR) is 279 cm³/mol. The second-order valence-electron chi connectivity index (χ2n) is 22.3. The van der Waals surface area contributed by atoms with Gasteiger partial charge < -0.3 is 55.3 Å². The van der Waals surface area contributed by atoms with Crippen molar-refractivity contribution < 1.29 is 52.9 Å². The molecule has 75 heavy (non-hydrogen) atoms. The first-order valence-corrected chi connectivity index (χ1v) is 27.0. The fourth-order valence-corrected chi connectivity index (χ4v) is 11.2. The van der Waals surface area contributed by atoms with E-state index in [2.05, 4.69) is 31.2 Å². The van der Waals surface area contributed by atoms with Crippen molar-refractivity contribution in [3.05, 3.63) is 71.1 Å². The number of aromatic nitrogens is 2. The van der Waals surface area contributed by atoms with Crippen LogP contribution >= 0.6 is 11.3 Å². The zero-order valence-electron chi connectivity index (χ0n) is 44.5. The minimum absolute atomic E-state index is 0.0128. The Morgan fingerprint density at radius 1 is 0.867 bits per heavy atom. The molecule has 0 aliphatic carbocycles. The third kappa shape index (κ3) is 14.3. The molecule has 0 saturated carbocycles. The number of carbonyl (C=O) groups excluding carboxylic acids is 7. The largest absolute Gasteiger partial charge is 0.444 e. The minimum atomic E-state index is -1.04. The van der Waals surface area contributed by atoms with Crippen LogP contribution in [0.5, 0.6) is 0 Å². The zero-order valence-corrected chi connectivity index (χ0v) is 45.3. The van der Waals surface area contributed by atoms with Crippen LogP contribution in [0, 0.1) is 12.3 Å². The summed E-state index contributed by atoms with van der Waals surface area (Å²) in [5.41, 5.74) is 2.77. The summed E-state index contributed by atoms with van der Waals surface area (Å²) in [5, 5.41) is 22.3. The van der Waals surface area contributed by atoms with Crippen LogP contribution in [0.3, 0.4) is 0 Å². The van der Waals surface area contributed by atoms with E-state index in [1.165, 1.54) is 4.90 Å². The van der Waals surface area contributed by atoms with Gasteiger partial charge >= 0.3 is 6.09 Å². The summed E-state index contributed by atoms with van der Waals surface area (Å²) < 4.78 is 16.7. The van der Waals surface area contributed by atoms with E-state index >= 15 is 0 Å². The average Bonchev–Trinajstić information content (AvgIpc) is 4.08. The minimum Gasteiger partial charge on any atom is -0.444 e. The van der Waals surface area contributed by atoms with Gasteiger partial charge in [0.15, 0.2) is 0 Å². The van der Waals surface area contributed by atoms with Gasteiger partial charge in [-0.3, -0.25) is 33.8 Å². The number of carbonyl (C=O) groups is 7. The molecular formula is C54H75N9O11S. The van der Waals surface area contributed by atoms with Crippen LogP contribution in [0.2, 0.25) is 0 Å². The molecule has 1 aromatic carbocycles. The van der Waals surface area contributed by atoms with Crippen molar-refractivity contribution in [3.63, 3.8) is 0 Å². The smallest absolute Gasteiger partial charge is 0.408 e. The van der Waals surface area contributed by atoms with Gasteiger partial charge in [0.25, 0.3) is 0 Å². The summed E-state index contributed by atoms with van der Waals surface area (Å²) in [7, 11) is 0. The summed E-state index contributed by atoms with van der Waals surface area (Å²) >= 11 is 1.56. The number of fused-ring (bicyclic) bond motifs is 1. The number of pyridine rings is 1. The molecule has 7 amide bonds. The van der Waals surface area contributed by atoms with Gasteiger partial charge in [-0.1, -0.05) is 63.9 Å². The van der Waals surface area contributed by atoms with Gasteiger partial charge in [0.05, 0.1) is 66.8 Å². The number of benzene rings is 1. The van der Waals surface area contributed by atoms with Crippen molar-refractivity contribution in [1.29, 1.82) is 0 Å². The molecule has 6 heterocycles. The fourth-order valence-electron chi connectivity index (χ4n) is 10.4. The summed E-state index contributed by atoms with van der Waals surface area (Å²) in [5.74, 6) is -2.28. The molecule has 20 nitrogen and oxygen atoms in total. The molecule has 4 aliphatic rings. The van der Waals surface area contributed by atoms with Gasteiger partial charge in [0, 0.05) is 31.6 Å². The number of β-amino-alcohol motifs (C(OH)–C–C–N with tert-alkyl or cyclic N) is 1. The SMILES string of the molecule is Cc1ncsc1-c1ccc([C@H](C)NC(=O)[C@@H]2C[C@@H](O)CN2C(=O)[C@@H](NC(=O)COCCOCCC(=O)NC2(c3ccccn3)CN(C(=O)[C@@H]3CC[C@H]4CCCC[C@H](NC(=O)OC(C)(C)C)C(=O)N43)C2)C(C)(C)C)cc1. The number of aryl methyl sites for hydroxylation is 1. The first kappa shape index (κ1) is 56.7. The van der Waals surface area contributed by atoms with Gasteiger partial charge in [-0.25, -0.2) is 9.78 Å². The molecule has 3 aromatic rings. The molecule has 4 fully saturated rings. The van der Waals surface area contributed by atoms with Gasteiger partial charge in [0.1, 0.15) is 41.9 Å². The molecule has 5 N–H and O–H groups in total. The summed E-state index contributed by atoms with van der Waals surface area (Å²) in [6.45, 7) is 14.5. The maximum Gasteiger partial charge on any atom is 0.408 e. The van der Waals surface area contributed by atoms with Crippen molar-refractivity contribution >= 4 is 52.9 Å². The molecule has 7 rings (SSSR count). The standard InChI is InChI=1S/C54H75N9O11S/c1-33(35-16-18-36(19-17-35)45-34(2)56-32-75-45)57-47(67)41-27-38(64)28-62(41)50(70)46(52(3,4)5)59-44(66)29-73-26-25-72-24-22-43(65)60-54(42-15-11-12-23-55-42)30-61(31-54)49(69)40-21-20-37-13-9-10-14-39(48(68)63(37)40)58-51(71)74-53(6,7)8/h11-12,15-19,23,32-33,37-41,46,64H,9-10,13-14,20-22,24-31H2,1-8H3,(H,57,67)(H,58,71)(H,59,66)(H,60,65)/t33-,37+,38+,39-,40-,41-,46+/m0/s1. The van der Waals surface area contributed by atoms with Gasteiger partial charge in [0.2, 0.25) is 35.4 Å². The van der Waals surface area contributed by atoms with Gasteiger partial charge in [-0.2, -0.15) is 0 Å². The molecule has 0 radical (unpaired) electrons. The molecule has 0 spiro atoms. The predicted octanol–water partition coefficient (Wildman–Crippen LogP) is 4.29. The van der Waals surface area contributed by atoms with E-state index in [0.29, 0.717) is 25.0 Å². The number of ether oxygens (including phenoxy) is 3. The van der Waals surface area contributed by atoms with Crippen LogP contribution in [0.4, 0.5) is 4.79 Å². The van der Waals surface area contributed by atoms with Crippen LogP contribution < -0.4 is 21.3 Å². The van der Waals surface area contributed by atoms with Crippen molar-refractivity contribution in [2.45, 2.75) is 160 Å². The van der Waals surface area contributed by atoms with Crippen molar-refractivity contribution in [3.8, 4) is 10.4 Å². The third-order valence-corrected chi connectivity index (χ3v) is 15.2. The second-order valence-corrected chi connectivity index (χ2v) is 23.2. The molecule has 2 aromatic heterocycles. The Morgan fingerprint density at radius 3 is 2.25 bits per heavy atom. The Morgan fingerprint density at radius 2 is 1.59 bits per heavy atom. The summed E-state index contributed by atoms with van der Waals surface area (Å²) in [6.07, 6.45) is 4.09. The number of rotatable bonds is 18. The third-order valence-electron chi connectivity index (χ3n) is 14.2. The van der Waals surface area contributed by atoms with E-state index in [-0.39, 0.29) is 88.7 Å². The van der Waals surface area contributed by atoms with Crippen LogP contribution in [-0.2, 0) is 48.5 Å². The van der Waals surface area contributed by atoms with E-state index < -0.39 is 70.6 Å².